The van der Waals surface area contributed by atoms with E-state index in [4.69, 9.17) is 11.6 Å². The molecule has 3 aromatic carbocycles. The van der Waals surface area contributed by atoms with E-state index in [9.17, 15) is 9.59 Å². The summed E-state index contributed by atoms with van der Waals surface area (Å²) in [6.07, 6.45) is 8.61. The molecular weight excluding hydrogens is 556 g/mol. The van der Waals surface area contributed by atoms with Crippen molar-refractivity contribution in [3.05, 3.63) is 113 Å². The summed E-state index contributed by atoms with van der Waals surface area (Å²) in [7, 11) is 0. The molecule has 2 aliphatic heterocycles. The highest BCUT2D eigenvalue weighted by Gasteiger charge is 2.33. The van der Waals surface area contributed by atoms with Crippen LogP contribution in [0.2, 0.25) is 5.02 Å². The number of hydrogen-bond acceptors (Lipinski definition) is 4. The fraction of sp³-hybridized carbons (Fsp3) is 0.389. The predicted molar refractivity (Wildman–Crippen MR) is 175 cm³/mol. The van der Waals surface area contributed by atoms with Crippen LogP contribution in [0.5, 0.6) is 0 Å². The van der Waals surface area contributed by atoms with Gasteiger partial charge in [-0.2, -0.15) is 0 Å². The zero-order chi connectivity index (χ0) is 29.9. The second-order valence-corrected chi connectivity index (χ2v) is 12.1. The number of carbonyl (C=O) groups is 2. The molecule has 43 heavy (non-hydrogen) atoms. The number of likely N-dealkylation sites (tertiary alicyclic amines) is 1. The third-order valence-electron chi connectivity index (χ3n) is 8.60. The third kappa shape index (κ3) is 9.27. The van der Waals surface area contributed by atoms with Gasteiger partial charge < -0.3 is 20.4 Å². The Morgan fingerprint density at radius 2 is 1.56 bits per heavy atom. The Hall–Kier alpha value is -3.45. The number of piperidine rings is 1. The van der Waals surface area contributed by atoms with Gasteiger partial charge in [0.1, 0.15) is 0 Å². The first-order valence-electron chi connectivity index (χ1n) is 15.6. The highest BCUT2D eigenvalue weighted by Crippen LogP contribution is 2.27. The van der Waals surface area contributed by atoms with Gasteiger partial charge in [-0.1, -0.05) is 90.8 Å². The highest BCUT2D eigenvalue weighted by atomic mass is 35.5. The summed E-state index contributed by atoms with van der Waals surface area (Å²) in [4.78, 5) is 31.3. The summed E-state index contributed by atoms with van der Waals surface area (Å²) in [5, 5.41) is 7.37. The van der Waals surface area contributed by atoms with Crippen LogP contribution in [0.25, 0.3) is 6.08 Å². The first-order valence-corrected chi connectivity index (χ1v) is 16.0. The van der Waals surface area contributed by atoms with Crippen molar-refractivity contribution in [3.63, 3.8) is 0 Å². The van der Waals surface area contributed by atoms with Crippen molar-refractivity contribution in [1.82, 2.24) is 20.4 Å². The van der Waals surface area contributed by atoms with Crippen molar-refractivity contribution in [2.24, 2.45) is 0 Å². The van der Waals surface area contributed by atoms with Crippen molar-refractivity contribution in [2.45, 2.75) is 50.1 Å². The second-order valence-electron chi connectivity index (χ2n) is 11.7. The second kappa shape index (κ2) is 15.9. The predicted octanol–water partition coefficient (Wildman–Crippen LogP) is 5.74. The minimum atomic E-state index is -0.289. The largest absolute Gasteiger partial charge is 0.351 e. The third-order valence-corrected chi connectivity index (χ3v) is 8.86. The number of nitrogens with one attached hydrogen (secondary N) is 2. The number of rotatable bonds is 11. The van der Waals surface area contributed by atoms with Crippen molar-refractivity contribution >= 4 is 29.5 Å². The lowest BCUT2D eigenvalue weighted by Crippen LogP contribution is -2.50. The zero-order valence-corrected chi connectivity index (χ0v) is 25.6. The summed E-state index contributed by atoms with van der Waals surface area (Å²) in [5.41, 5.74) is 3.33. The first kappa shape index (κ1) is 31.0. The van der Waals surface area contributed by atoms with E-state index >= 15 is 0 Å². The molecule has 6 nitrogen and oxygen atoms in total. The Morgan fingerprint density at radius 1 is 0.907 bits per heavy atom. The number of amides is 2. The number of benzene rings is 3. The van der Waals surface area contributed by atoms with E-state index < -0.39 is 0 Å². The van der Waals surface area contributed by atoms with Gasteiger partial charge in [-0.3, -0.25) is 9.59 Å². The molecule has 2 saturated heterocycles. The maximum Gasteiger partial charge on any atom is 0.244 e. The van der Waals surface area contributed by atoms with Gasteiger partial charge in [-0.25, -0.2) is 0 Å². The maximum atomic E-state index is 14.1. The minimum Gasteiger partial charge on any atom is -0.351 e. The van der Waals surface area contributed by atoms with Crippen LogP contribution in [0.4, 0.5) is 0 Å². The summed E-state index contributed by atoms with van der Waals surface area (Å²) in [6.45, 7) is 4.84. The van der Waals surface area contributed by atoms with Crippen LogP contribution in [0.1, 0.15) is 54.7 Å². The van der Waals surface area contributed by atoms with Crippen molar-refractivity contribution in [1.29, 1.82) is 0 Å². The topological polar surface area (TPSA) is 64.7 Å². The van der Waals surface area contributed by atoms with E-state index in [1.54, 1.807) is 12.2 Å². The molecule has 0 unspecified atom stereocenters. The fourth-order valence-corrected chi connectivity index (χ4v) is 6.27. The summed E-state index contributed by atoms with van der Waals surface area (Å²) < 4.78 is 0. The van der Waals surface area contributed by atoms with Crippen LogP contribution < -0.4 is 10.6 Å². The van der Waals surface area contributed by atoms with Gasteiger partial charge in [0, 0.05) is 49.2 Å². The van der Waals surface area contributed by atoms with Gasteiger partial charge in [0.25, 0.3) is 0 Å². The number of nitrogens with zero attached hydrogens (tertiary/aromatic N) is 2. The smallest absolute Gasteiger partial charge is 0.244 e. The molecule has 0 saturated carbocycles. The van der Waals surface area contributed by atoms with Crippen LogP contribution in [0.15, 0.2) is 91.0 Å². The normalized spacial score (nSPS) is 20.0. The maximum absolute atomic E-state index is 14.1. The monoisotopic (exact) mass is 598 g/mol. The van der Waals surface area contributed by atoms with Crippen LogP contribution in [-0.2, 0) is 9.59 Å². The molecule has 0 aliphatic carbocycles. The summed E-state index contributed by atoms with van der Waals surface area (Å²) >= 11 is 5.97. The van der Waals surface area contributed by atoms with Crippen LogP contribution in [0, 0.1) is 0 Å². The average molecular weight is 599 g/mol. The molecule has 226 valence electrons. The van der Waals surface area contributed by atoms with Gasteiger partial charge >= 0.3 is 0 Å². The average Bonchev–Trinajstić information content (AvgIpc) is 3.20. The number of carbonyl (C=O) groups excluding carboxylic acids is 2. The SMILES string of the molecule is O=C(C=Cc1ccc(Cl)cc1)NC[C@@H]1CCN(CC(c2ccccc2)c2ccccc2)C(=O)[C@H](CCN2CCCCC2)N1. The highest BCUT2D eigenvalue weighted by molar-refractivity contribution is 6.30. The van der Waals surface area contributed by atoms with E-state index in [-0.39, 0.29) is 29.8 Å². The molecule has 2 aliphatic rings. The molecule has 0 spiro atoms. The Morgan fingerprint density at radius 3 is 2.21 bits per heavy atom. The van der Waals surface area contributed by atoms with Crippen LogP contribution in [-0.4, -0.2) is 73.0 Å². The molecule has 2 heterocycles. The molecule has 0 bridgehead atoms. The Labute approximate surface area is 261 Å². The lowest BCUT2D eigenvalue weighted by atomic mass is 9.90. The van der Waals surface area contributed by atoms with Gasteiger partial charge in [0.15, 0.2) is 0 Å². The molecular formula is C36H43ClN4O2. The quantitative estimate of drug-likeness (QED) is 0.277. The van der Waals surface area contributed by atoms with E-state index in [2.05, 4.69) is 69.0 Å². The van der Waals surface area contributed by atoms with Crippen molar-refractivity contribution in [3.8, 4) is 0 Å². The lowest BCUT2D eigenvalue weighted by molar-refractivity contribution is -0.133. The molecule has 0 aromatic heterocycles. The molecule has 2 N–H and O–H groups in total. The summed E-state index contributed by atoms with van der Waals surface area (Å²) in [5.74, 6) is 0.0935. The fourth-order valence-electron chi connectivity index (χ4n) is 6.15. The van der Waals surface area contributed by atoms with Crippen molar-refractivity contribution in [2.75, 3.05) is 39.3 Å². The molecule has 0 radical (unpaired) electrons. The molecule has 2 fully saturated rings. The van der Waals surface area contributed by atoms with E-state index in [0.717, 1.165) is 38.0 Å². The molecule has 5 rings (SSSR count). The minimum absolute atomic E-state index is 0.0000818. The standard InChI is InChI=1S/C36H43ClN4O2/c37-31-17-14-28(15-18-31)16-19-35(42)38-26-32-20-25-41(36(43)34(39-32)21-24-40-22-8-3-9-23-40)27-33(29-10-4-1-5-11-29)30-12-6-2-7-13-30/h1-2,4-7,10-19,32-34,39H,3,8-9,20-27H2,(H,38,42)/t32-,34-/m0/s1. The lowest BCUT2D eigenvalue weighted by Gasteiger charge is -2.31. The van der Waals surface area contributed by atoms with Gasteiger partial charge in [-0.05, 0) is 73.7 Å². The molecule has 2 atom stereocenters. The molecule has 2 amide bonds. The molecule has 3 aromatic rings. The van der Waals surface area contributed by atoms with Crippen LogP contribution in [0.3, 0.4) is 0 Å². The Kier molecular flexibility index (Phi) is 11.4. The van der Waals surface area contributed by atoms with E-state index in [0.29, 0.717) is 24.7 Å². The van der Waals surface area contributed by atoms with E-state index in [1.807, 2.05) is 36.4 Å². The Bertz CT molecular complexity index is 1290. The van der Waals surface area contributed by atoms with Gasteiger partial charge in [0.2, 0.25) is 11.8 Å². The van der Waals surface area contributed by atoms with E-state index in [1.165, 1.54) is 30.4 Å². The van der Waals surface area contributed by atoms with Gasteiger partial charge in [-0.15, -0.1) is 0 Å². The van der Waals surface area contributed by atoms with Crippen LogP contribution >= 0.6 is 11.6 Å². The number of hydrogen-bond donors (Lipinski definition) is 2. The summed E-state index contributed by atoms with van der Waals surface area (Å²) in [6, 6.07) is 28.0. The first-order chi connectivity index (χ1) is 21.0. The molecule has 7 heteroatoms. The van der Waals surface area contributed by atoms with Crippen molar-refractivity contribution < 1.29 is 9.59 Å². The number of halogens is 1. The van der Waals surface area contributed by atoms with Gasteiger partial charge in [0.05, 0.1) is 6.04 Å². The zero-order valence-electron chi connectivity index (χ0n) is 24.8. The Balaban J connectivity index is 1.28.